The molecule has 0 atom stereocenters. The molecule has 0 saturated carbocycles. The van der Waals surface area contributed by atoms with Crippen LogP contribution in [-0.4, -0.2) is 4.98 Å². The van der Waals surface area contributed by atoms with E-state index in [9.17, 15) is 0 Å². The molecule has 0 spiro atoms. The molecule has 0 amide bonds. The predicted molar refractivity (Wildman–Crippen MR) is 77.5 cm³/mol. The molecular weight excluding hydrogens is 308 g/mol. The minimum absolute atomic E-state index is 0.668. The van der Waals surface area contributed by atoms with Crippen LogP contribution in [0.15, 0.2) is 46.9 Å². The quantitative estimate of drug-likeness (QED) is 0.658. The molecule has 0 N–H and O–H groups in total. The van der Waals surface area contributed by atoms with Crippen LogP contribution in [0.4, 0.5) is 0 Å². The predicted octanol–water partition coefficient (Wildman–Crippen LogP) is 4.60. The van der Waals surface area contributed by atoms with Gasteiger partial charge < -0.3 is 0 Å². The molecule has 0 radical (unpaired) electrons. The van der Waals surface area contributed by atoms with Gasteiger partial charge in [0.05, 0.1) is 21.8 Å². The average molecular weight is 315 g/mol. The third kappa shape index (κ3) is 1.92. The number of benzene rings is 2. The molecule has 0 unspecified atom stereocenters. The first kappa shape index (κ1) is 11.4. The lowest BCUT2D eigenvalue weighted by atomic mass is 10.1. The Morgan fingerprint density at radius 2 is 1.89 bits per heavy atom. The molecule has 1 heterocycles. The maximum absolute atomic E-state index is 8.78. The van der Waals surface area contributed by atoms with Gasteiger partial charge in [0.2, 0.25) is 0 Å². The van der Waals surface area contributed by atoms with E-state index >= 15 is 0 Å². The number of rotatable bonds is 1. The van der Waals surface area contributed by atoms with Crippen LogP contribution in [0.5, 0.6) is 0 Å². The number of hydrogen-bond donors (Lipinski definition) is 0. The van der Waals surface area contributed by atoms with Gasteiger partial charge in [-0.3, -0.25) is 0 Å². The van der Waals surface area contributed by atoms with Crippen molar-refractivity contribution < 1.29 is 0 Å². The van der Waals surface area contributed by atoms with Crippen molar-refractivity contribution in [3.8, 4) is 16.6 Å². The number of nitriles is 1. The van der Waals surface area contributed by atoms with Crippen molar-refractivity contribution in [1.29, 1.82) is 5.26 Å². The molecule has 3 rings (SSSR count). The summed E-state index contributed by atoms with van der Waals surface area (Å²) in [5.41, 5.74) is 2.71. The van der Waals surface area contributed by atoms with Gasteiger partial charge in [-0.1, -0.05) is 18.2 Å². The smallest absolute Gasteiger partial charge is 0.124 e. The topological polar surface area (TPSA) is 36.7 Å². The van der Waals surface area contributed by atoms with Crippen molar-refractivity contribution in [3.63, 3.8) is 0 Å². The van der Waals surface area contributed by atoms with Crippen LogP contribution in [0.3, 0.4) is 0 Å². The summed E-state index contributed by atoms with van der Waals surface area (Å²) in [5, 5.41) is 9.75. The third-order valence-corrected chi connectivity index (χ3v) is 4.70. The minimum Gasteiger partial charge on any atom is -0.236 e. The SMILES string of the molecule is N#Cc1ccc(-c2nc3cccc(Br)c3s2)cc1. The zero-order valence-corrected chi connectivity index (χ0v) is 11.6. The molecular formula is C14H7BrN2S. The molecule has 0 aliphatic heterocycles. The standard InChI is InChI=1S/C14H7BrN2S/c15-11-2-1-3-12-13(11)18-14(17-12)10-6-4-9(8-16)5-7-10/h1-7H. The molecule has 1 aromatic heterocycles. The van der Waals surface area contributed by atoms with Gasteiger partial charge >= 0.3 is 0 Å². The Labute approximate surface area is 117 Å². The highest BCUT2D eigenvalue weighted by Crippen LogP contribution is 2.34. The first-order valence-corrected chi connectivity index (χ1v) is 6.94. The lowest BCUT2D eigenvalue weighted by molar-refractivity contribution is 1.45. The summed E-state index contributed by atoms with van der Waals surface area (Å²) in [6.45, 7) is 0. The maximum Gasteiger partial charge on any atom is 0.124 e. The van der Waals surface area contributed by atoms with Gasteiger partial charge in [0, 0.05) is 10.0 Å². The Morgan fingerprint density at radius 1 is 1.11 bits per heavy atom. The average Bonchev–Trinajstić information content (AvgIpc) is 2.84. The van der Waals surface area contributed by atoms with E-state index in [1.54, 1.807) is 11.3 Å². The molecule has 0 saturated heterocycles. The van der Waals surface area contributed by atoms with Crippen molar-refractivity contribution in [1.82, 2.24) is 4.98 Å². The Balaban J connectivity index is 2.14. The fourth-order valence-corrected chi connectivity index (χ4v) is 3.30. The van der Waals surface area contributed by atoms with E-state index in [1.165, 1.54) is 0 Å². The van der Waals surface area contributed by atoms with Gasteiger partial charge in [0.25, 0.3) is 0 Å². The van der Waals surface area contributed by atoms with Gasteiger partial charge in [-0.15, -0.1) is 11.3 Å². The molecule has 0 fully saturated rings. The Bertz CT molecular complexity index is 754. The van der Waals surface area contributed by atoms with Crippen LogP contribution in [-0.2, 0) is 0 Å². The number of aromatic nitrogens is 1. The first-order valence-electron chi connectivity index (χ1n) is 5.33. The summed E-state index contributed by atoms with van der Waals surface area (Å²) in [4.78, 5) is 4.60. The van der Waals surface area contributed by atoms with E-state index in [0.29, 0.717) is 5.56 Å². The monoisotopic (exact) mass is 314 g/mol. The summed E-state index contributed by atoms with van der Waals surface area (Å²) < 4.78 is 2.22. The molecule has 2 aromatic carbocycles. The second-order valence-corrected chi connectivity index (χ2v) is 5.65. The summed E-state index contributed by atoms with van der Waals surface area (Å²) in [7, 11) is 0. The fraction of sp³-hybridized carbons (Fsp3) is 0. The largest absolute Gasteiger partial charge is 0.236 e. The van der Waals surface area contributed by atoms with Crippen molar-refractivity contribution in [2.24, 2.45) is 0 Å². The Kier molecular flexibility index (Phi) is 2.86. The number of thiazole rings is 1. The lowest BCUT2D eigenvalue weighted by Gasteiger charge is -1.94. The van der Waals surface area contributed by atoms with Gasteiger partial charge in [-0.2, -0.15) is 5.26 Å². The van der Waals surface area contributed by atoms with E-state index in [4.69, 9.17) is 5.26 Å². The van der Waals surface area contributed by atoms with Crippen molar-refractivity contribution in [2.75, 3.05) is 0 Å². The van der Waals surface area contributed by atoms with E-state index in [1.807, 2.05) is 42.5 Å². The zero-order chi connectivity index (χ0) is 12.5. The number of fused-ring (bicyclic) bond motifs is 1. The van der Waals surface area contributed by atoms with Gasteiger partial charge in [0.1, 0.15) is 5.01 Å². The molecule has 2 nitrogen and oxygen atoms in total. The van der Waals surface area contributed by atoms with Crippen LogP contribution >= 0.6 is 27.3 Å². The molecule has 0 bridgehead atoms. The molecule has 86 valence electrons. The highest BCUT2D eigenvalue weighted by atomic mass is 79.9. The van der Waals surface area contributed by atoms with Gasteiger partial charge in [-0.25, -0.2) is 4.98 Å². The zero-order valence-electron chi connectivity index (χ0n) is 9.22. The van der Waals surface area contributed by atoms with Crippen molar-refractivity contribution >= 4 is 37.5 Å². The second kappa shape index (κ2) is 4.52. The fourth-order valence-electron chi connectivity index (χ4n) is 1.73. The number of halogens is 1. The van der Waals surface area contributed by atoms with Crippen molar-refractivity contribution in [2.45, 2.75) is 0 Å². The molecule has 18 heavy (non-hydrogen) atoms. The van der Waals surface area contributed by atoms with E-state index in [0.717, 1.165) is 25.3 Å². The summed E-state index contributed by atoms with van der Waals surface area (Å²) >= 11 is 5.18. The second-order valence-electron chi connectivity index (χ2n) is 3.80. The molecule has 0 aliphatic rings. The number of hydrogen-bond acceptors (Lipinski definition) is 3. The summed E-state index contributed by atoms with van der Waals surface area (Å²) in [6.07, 6.45) is 0. The number of nitrogens with zero attached hydrogens (tertiary/aromatic N) is 2. The van der Waals surface area contributed by atoms with Crippen LogP contribution < -0.4 is 0 Å². The Morgan fingerprint density at radius 3 is 2.56 bits per heavy atom. The summed E-state index contributed by atoms with van der Waals surface area (Å²) in [6, 6.07) is 15.6. The highest BCUT2D eigenvalue weighted by molar-refractivity contribution is 9.10. The molecule has 0 aliphatic carbocycles. The first-order chi connectivity index (χ1) is 8.78. The molecule has 4 heteroatoms. The lowest BCUT2D eigenvalue weighted by Crippen LogP contribution is -1.77. The highest BCUT2D eigenvalue weighted by Gasteiger charge is 2.08. The third-order valence-electron chi connectivity index (χ3n) is 2.63. The minimum atomic E-state index is 0.668. The van der Waals surface area contributed by atoms with Crippen LogP contribution in [0.1, 0.15) is 5.56 Å². The summed E-state index contributed by atoms with van der Waals surface area (Å²) in [5.74, 6) is 0. The normalized spacial score (nSPS) is 10.4. The van der Waals surface area contributed by atoms with E-state index in [-0.39, 0.29) is 0 Å². The van der Waals surface area contributed by atoms with Gasteiger partial charge in [0.15, 0.2) is 0 Å². The van der Waals surface area contributed by atoms with Crippen molar-refractivity contribution in [3.05, 3.63) is 52.5 Å². The maximum atomic E-state index is 8.78. The van der Waals surface area contributed by atoms with Gasteiger partial charge in [-0.05, 0) is 40.2 Å². The van der Waals surface area contributed by atoms with Crippen LogP contribution in [0.25, 0.3) is 20.8 Å². The Hall–Kier alpha value is -1.70. The van der Waals surface area contributed by atoms with Crippen LogP contribution in [0.2, 0.25) is 0 Å². The molecule has 3 aromatic rings. The van der Waals surface area contributed by atoms with E-state index in [2.05, 4.69) is 27.0 Å². The van der Waals surface area contributed by atoms with E-state index < -0.39 is 0 Å². The van der Waals surface area contributed by atoms with Crippen LogP contribution in [0, 0.1) is 11.3 Å².